The van der Waals surface area contributed by atoms with Crippen molar-refractivity contribution in [2.45, 2.75) is 45.6 Å². The van der Waals surface area contributed by atoms with Crippen LogP contribution < -0.4 is 0 Å². The summed E-state index contributed by atoms with van der Waals surface area (Å²) < 4.78 is 4.79. The Kier molecular flexibility index (Phi) is 6.45. The van der Waals surface area contributed by atoms with Gasteiger partial charge in [-0.3, -0.25) is 14.5 Å². The first-order valence-electron chi connectivity index (χ1n) is 6.51. The van der Waals surface area contributed by atoms with Gasteiger partial charge >= 0.3 is 5.97 Å². The molecule has 1 fully saturated rings. The van der Waals surface area contributed by atoms with Crippen LogP contribution in [0.15, 0.2) is 0 Å². The predicted octanol–water partition coefficient (Wildman–Crippen LogP) is 1.39. The third-order valence-electron chi connectivity index (χ3n) is 2.97. The number of ketones is 1. The lowest BCUT2D eigenvalue weighted by molar-refractivity contribution is -0.139. The second-order valence-electron chi connectivity index (χ2n) is 4.48. The molecule has 1 heterocycles. The minimum Gasteiger partial charge on any atom is -0.453 e. The van der Waals surface area contributed by atoms with Gasteiger partial charge in [0, 0.05) is 32.9 Å². The number of esters is 1. The summed E-state index contributed by atoms with van der Waals surface area (Å²) in [6.07, 6.45) is 3.30. The number of likely N-dealkylation sites (tertiary alicyclic amines) is 1. The van der Waals surface area contributed by atoms with Gasteiger partial charge in [0.15, 0.2) is 6.61 Å². The third kappa shape index (κ3) is 5.33. The van der Waals surface area contributed by atoms with Crippen LogP contribution in [-0.2, 0) is 14.3 Å². The van der Waals surface area contributed by atoms with Crippen LogP contribution in [-0.4, -0.2) is 42.4 Å². The Morgan fingerprint density at radius 1 is 1.44 bits per heavy atom. The van der Waals surface area contributed by atoms with E-state index in [4.69, 9.17) is 4.74 Å². The maximum absolute atomic E-state index is 11.2. The van der Waals surface area contributed by atoms with Crippen molar-refractivity contribution in [2.24, 2.45) is 0 Å². The normalized spacial score (nSPS) is 17.8. The van der Waals surface area contributed by atoms with Crippen LogP contribution in [0.5, 0.6) is 0 Å². The Hall–Kier alpha value is -1.34. The molecule has 1 saturated heterocycles. The first-order valence-corrected chi connectivity index (χ1v) is 6.51. The number of carbonyl (C=O) groups is 2. The molecule has 0 unspecified atom stereocenters. The SMILES string of the molecule is CCC[C@H](C#CCOC(C)=O)N1CCC(=O)CC1. The first-order chi connectivity index (χ1) is 8.63. The van der Waals surface area contributed by atoms with Gasteiger partial charge in [-0.25, -0.2) is 0 Å². The van der Waals surface area contributed by atoms with E-state index in [0.717, 1.165) is 25.9 Å². The quantitative estimate of drug-likeness (QED) is 0.559. The van der Waals surface area contributed by atoms with Gasteiger partial charge in [0.1, 0.15) is 5.78 Å². The van der Waals surface area contributed by atoms with Crippen LogP contribution in [0.2, 0.25) is 0 Å². The Labute approximate surface area is 109 Å². The molecule has 0 saturated carbocycles. The molecule has 0 radical (unpaired) electrons. The second-order valence-corrected chi connectivity index (χ2v) is 4.48. The topological polar surface area (TPSA) is 46.6 Å². The van der Waals surface area contributed by atoms with Gasteiger partial charge in [-0.1, -0.05) is 25.2 Å². The largest absolute Gasteiger partial charge is 0.453 e. The van der Waals surface area contributed by atoms with Crippen LogP contribution in [0.3, 0.4) is 0 Å². The maximum Gasteiger partial charge on any atom is 0.303 e. The molecule has 1 rings (SSSR count). The molecule has 1 aliphatic rings. The zero-order valence-electron chi connectivity index (χ0n) is 11.2. The van der Waals surface area contributed by atoms with Crippen molar-refractivity contribution < 1.29 is 14.3 Å². The highest BCUT2D eigenvalue weighted by molar-refractivity contribution is 5.79. The number of carbonyl (C=O) groups excluding carboxylic acids is 2. The molecule has 4 nitrogen and oxygen atoms in total. The number of hydrogen-bond donors (Lipinski definition) is 0. The van der Waals surface area contributed by atoms with E-state index < -0.39 is 0 Å². The molecule has 0 aliphatic carbocycles. The average Bonchev–Trinajstić information content (AvgIpc) is 2.34. The summed E-state index contributed by atoms with van der Waals surface area (Å²) in [5, 5.41) is 0. The Morgan fingerprint density at radius 3 is 2.67 bits per heavy atom. The van der Waals surface area contributed by atoms with E-state index >= 15 is 0 Å². The minimum absolute atomic E-state index is 0.155. The fourth-order valence-electron chi connectivity index (χ4n) is 2.00. The van der Waals surface area contributed by atoms with E-state index in [2.05, 4.69) is 23.7 Å². The highest BCUT2D eigenvalue weighted by Gasteiger charge is 2.21. The molecule has 1 atom stereocenters. The fraction of sp³-hybridized carbons (Fsp3) is 0.714. The van der Waals surface area contributed by atoms with Gasteiger partial charge in [-0.15, -0.1) is 0 Å². The van der Waals surface area contributed by atoms with Crippen LogP contribution in [0.4, 0.5) is 0 Å². The fourth-order valence-corrected chi connectivity index (χ4v) is 2.00. The van der Waals surface area contributed by atoms with E-state index in [0.29, 0.717) is 18.6 Å². The van der Waals surface area contributed by atoms with Crippen LogP contribution in [0.25, 0.3) is 0 Å². The monoisotopic (exact) mass is 251 g/mol. The third-order valence-corrected chi connectivity index (χ3v) is 2.97. The van der Waals surface area contributed by atoms with Crippen molar-refractivity contribution in [3.05, 3.63) is 0 Å². The van der Waals surface area contributed by atoms with Crippen molar-refractivity contribution in [1.29, 1.82) is 0 Å². The number of nitrogens with zero attached hydrogens (tertiary/aromatic N) is 1. The molecule has 0 aromatic carbocycles. The molecule has 0 bridgehead atoms. The van der Waals surface area contributed by atoms with Crippen LogP contribution in [0, 0.1) is 11.8 Å². The summed E-state index contributed by atoms with van der Waals surface area (Å²) in [6.45, 7) is 5.25. The molecule has 1 aliphatic heterocycles. The number of piperidine rings is 1. The predicted molar refractivity (Wildman–Crippen MR) is 68.9 cm³/mol. The van der Waals surface area contributed by atoms with E-state index in [1.165, 1.54) is 6.92 Å². The summed E-state index contributed by atoms with van der Waals surface area (Å²) in [6, 6.07) is 0.179. The Balaban J connectivity index is 2.48. The second kappa shape index (κ2) is 7.88. The van der Waals surface area contributed by atoms with Crippen molar-refractivity contribution in [3.8, 4) is 11.8 Å². The molecular weight excluding hydrogens is 230 g/mol. The molecular formula is C14H21NO3. The molecule has 0 aromatic rings. The molecule has 100 valence electrons. The smallest absolute Gasteiger partial charge is 0.303 e. The van der Waals surface area contributed by atoms with E-state index in [9.17, 15) is 9.59 Å². The number of hydrogen-bond acceptors (Lipinski definition) is 4. The number of ether oxygens (including phenoxy) is 1. The minimum atomic E-state index is -0.306. The number of Topliss-reactive ketones (excluding diaryl/α,β-unsaturated/α-hetero) is 1. The molecule has 0 aromatic heterocycles. The van der Waals surface area contributed by atoms with Gasteiger partial charge in [-0.05, 0) is 6.42 Å². The van der Waals surface area contributed by atoms with E-state index in [-0.39, 0.29) is 18.6 Å². The lowest BCUT2D eigenvalue weighted by Gasteiger charge is -2.30. The van der Waals surface area contributed by atoms with Crippen LogP contribution in [0.1, 0.15) is 39.5 Å². The molecule has 18 heavy (non-hydrogen) atoms. The van der Waals surface area contributed by atoms with E-state index in [1.807, 2.05) is 0 Å². The summed E-state index contributed by atoms with van der Waals surface area (Å²) in [4.78, 5) is 24.1. The average molecular weight is 251 g/mol. The molecule has 0 N–H and O–H groups in total. The first kappa shape index (κ1) is 14.7. The van der Waals surface area contributed by atoms with Gasteiger partial charge in [0.05, 0.1) is 6.04 Å². The highest BCUT2D eigenvalue weighted by Crippen LogP contribution is 2.13. The summed E-state index contributed by atoms with van der Waals surface area (Å²) in [5.74, 6) is 6.07. The van der Waals surface area contributed by atoms with Crippen LogP contribution >= 0.6 is 0 Å². The van der Waals surface area contributed by atoms with Crippen molar-refractivity contribution >= 4 is 11.8 Å². The maximum atomic E-state index is 11.2. The Bertz CT molecular complexity index is 344. The summed E-state index contributed by atoms with van der Waals surface area (Å²) in [7, 11) is 0. The zero-order chi connectivity index (χ0) is 13.4. The molecule has 0 amide bonds. The molecule has 4 heteroatoms. The van der Waals surface area contributed by atoms with Gasteiger partial charge in [0.2, 0.25) is 0 Å². The van der Waals surface area contributed by atoms with Crippen molar-refractivity contribution in [1.82, 2.24) is 4.90 Å². The zero-order valence-corrected chi connectivity index (χ0v) is 11.2. The van der Waals surface area contributed by atoms with E-state index in [1.54, 1.807) is 0 Å². The number of rotatable bonds is 4. The van der Waals surface area contributed by atoms with Crippen molar-refractivity contribution in [3.63, 3.8) is 0 Å². The lowest BCUT2D eigenvalue weighted by atomic mass is 10.0. The summed E-state index contributed by atoms with van der Waals surface area (Å²) >= 11 is 0. The van der Waals surface area contributed by atoms with Gasteiger partial charge in [-0.2, -0.15) is 0 Å². The Morgan fingerprint density at radius 2 is 2.11 bits per heavy atom. The standard InChI is InChI=1S/C14H21NO3/c1-3-5-13(6-4-11-18-12(2)16)15-9-7-14(17)8-10-15/h13H,3,5,7-11H2,1-2H3/t13-/m1/s1. The summed E-state index contributed by atoms with van der Waals surface area (Å²) in [5.41, 5.74) is 0. The van der Waals surface area contributed by atoms with Gasteiger partial charge < -0.3 is 4.74 Å². The van der Waals surface area contributed by atoms with Gasteiger partial charge in [0.25, 0.3) is 0 Å². The lowest BCUT2D eigenvalue weighted by Crippen LogP contribution is -2.41. The molecule has 0 spiro atoms. The van der Waals surface area contributed by atoms with Crippen molar-refractivity contribution in [2.75, 3.05) is 19.7 Å². The highest BCUT2D eigenvalue weighted by atomic mass is 16.5.